The van der Waals surface area contributed by atoms with Gasteiger partial charge in [-0.25, -0.2) is 4.79 Å². The van der Waals surface area contributed by atoms with E-state index < -0.39 is 0 Å². The third-order valence-corrected chi connectivity index (χ3v) is 2.95. The van der Waals surface area contributed by atoms with Crippen LogP contribution in [0.3, 0.4) is 0 Å². The quantitative estimate of drug-likeness (QED) is 0.403. The van der Waals surface area contributed by atoms with Crippen molar-refractivity contribution >= 4 is 16.9 Å². The van der Waals surface area contributed by atoms with Crippen LogP contribution in [0.25, 0.3) is 10.9 Å². The van der Waals surface area contributed by atoms with Gasteiger partial charge in [0.25, 0.3) is 0 Å². The van der Waals surface area contributed by atoms with Crippen LogP contribution in [0.15, 0.2) is 60.7 Å². The van der Waals surface area contributed by atoms with Gasteiger partial charge in [-0.15, -0.1) is 0 Å². The number of ether oxygens (including phenoxy) is 1. The predicted molar refractivity (Wildman–Crippen MR) is 105 cm³/mol. The van der Waals surface area contributed by atoms with E-state index in [1.54, 1.807) is 12.1 Å². The number of rotatable bonds is 3. The molecule has 3 aromatic rings. The Balaban J connectivity index is -0.000000780. The molecule has 3 nitrogen and oxygen atoms in total. The molecule has 3 rings (SSSR count). The summed E-state index contributed by atoms with van der Waals surface area (Å²) in [7, 11) is 0. The molecule has 0 fully saturated rings. The average Bonchev–Trinajstić information content (AvgIpc) is 2.98. The topological polar surface area (TPSA) is 42.1 Å². The van der Waals surface area contributed by atoms with Crippen LogP contribution in [-0.4, -0.2) is 11.0 Å². The molecule has 0 saturated heterocycles. The summed E-state index contributed by atoms with van der Waals surface area (Å²) in [6.07, 6.45) is 0. The summed E-state index contributed by atoms with van der Waals surface area (Å²) in [5, 5.41) is 1.12. The average molecular weight is 417 g/mol. The smallest absolute Gasteiger partial charge is 0.338 e. The minimum Gasteiger partial charge on any atom is -0.456 e. The maximum Gasteiger partial charge on any atom is 0.338 e. The number of H-pyrrole nitrogens is 1. The number of para-hydroxylation sites is 1. The fraction of sp³-hybridized carbons (Fsp3) is 0.238. The maximum absolute atomic E-state index is 11.8. The van der Waals surface area contributed by atoms with Gasteiger partial charge < -0.3 is 17.1 Å². The van der Waals surface area contributed by atoms with Gasteiger partial charge in [0.1, 0.15) is 6.61 Å². The van der Waals surface area contributed by atoms with Crippen LogP contribution in [0.5, 0.6) is 0 Å². The molecular weight excluding hydrogens is 387 g/mol. The molecule has 0 atom stereocenters. The molecule has 135 valence electrons. The third kappa shape index (κ3) is 7.98. The Labute approximate surface area is 178 Å². The summed E-state index contributed by atoms with van der Waals surface area (Å²) in [5.74, 6) is -0.306. The van der Waals surface area contributed by atoms with E-state index in [4.69, 9.17) is 4.74 Å². The molecule has 0 unspecified atom stereocenters. The summed E-state index contributed by atoms with van der Waals surface area (Å²) in [4.78, 5) is 15.0. The molecule has 1 N–H and O–H groups in total. The van der Waals surface area contributed by atoms with Crippen molar-refractivity contribution in [1.82, 2.24) is 4.98 Å². The third-order valence-electron chi connectivity index (χ3n) is 2.95. The first-order valence-electron chi connectivity index (χ1n) is 7.12. The summed E-state index contributed by atoms with van der Waals surface area (Å²) in [5.41, 5.74) is 2.51. The minimum atomic E-state index is -0.306. The summed E-state index contributed by atoms with van der Waals surface area (Å²) >= 11 is 0. The van der Waals surface area contributed by atoms with Gasteiger partial charge in [0.2, 0.25) is 0 Å². The molecule has 0 spiro atoms. The van der Waals surface area contributed by atoms with Crippen molar-refractivity contribution in [1.29, 1.82) is 0 Å². The molecule has 1 aromatic heterocycles. The second-order valence-corrected chi connectivity index (χ2v) is 4.32. The van der Waals surface area contributed by atoms with E-state index >= 15 is 0 Å². The molecule has 2 aromatic carbocycles. The monoisotopic (exact) mass is 417 g/mol. The molecule has 0 aliphatic carbocycles. The van der Waals surface area contributed by atoms with Gasteiger partial charge in [-0.1, -0.05) is 65.1 Å². The number of carbonyl (C=O) groups excluding carboxylic acids is 1. The van der Waals surface area contributed by atoms with Gasteiger partial charge in [-0.05, 0) is 29.7 Å². The molecular formula is C21H30NO2Y-. The van der Waals surface area contributed by atoms with Crippen LogP contribution in [0, 0.1) is 7.43 Å². The summed E-state index contributed by atoms with van der Waals surface area (Å²) in [6, 6.07) is 19.0. The number of fused-ring (bicyclic) bond motifs is 1. The van der Waals surface area contributed by atoms with Gasteiger partial charge in [0, 0.05) is 38.2 Å². The van der Waals surface area contributed by atoms with Crippen LogP contribution < -0.4 is 0 Å². The van der Waals surface area contributed by atoms with Crippen LogP contribution >= 0.6 is 0 Å². The van der Waals surface area contributed by atoms with Crippen LogP contribution in [0.1, 0.15) is 44.8 Å². The van der Waals surface area contributed by atoms with Gasteiger partial charge >= 0.3 is 5.97 Å². The zero-order valence-corrected chi connectivity index (χ0v) is 16.7. The Kier molecular flexibility index (Phi) is 16.9. The van der Waals surface area contributed by atoms with Gasteiger partial charge in [-0.2, -0.15) is 0 Å². The number of aromatic nitrogens is 1. The van der Waals surface area contributed by atoms with E-state index in [-0.39, 0.29) is 67.6 Å². The van der Waals surface area contributed by atoms with E-state index in [1.807, 2.05) is 62.4 Å². The van der Waals surface area contributed by atoms with Gasteiger partial charge in [-0.3, -0.25) is 0 Å². The Morgan fingerprint density at radius 3 is 2.12 bits per heavy atom. The molecule has 1 heterocycles. The largest absolute Gasteiger partial charge is 0.456 e. The number of nitrogens with one attached hydrogen (secondary N) is 1. The number of hydrogen-bond acceptors (Lipinski definition) is 2. The van der Waals surface area contributed by atoms with Crippen molar-refractivity contribution < 1.29 is 42.2 Å². The number of benzene rings is 2. The standard InChI is InChI=1S/C16H13NO2.C2H6.2CH4.CH3.Y/c18-16(12-6-2-1-3-7-12)19-11-14-10-13-8-4-5-9-15(13)17-14;1-2;;;;/h1-10,17H,11H2;1-2H3;2*1H4;1H3;/q;;;;-1;. The fourth-order valence-electron chi connectivity index (χ4n) is 2.01. The van der Waals surface area contributed by atoms with Crippen LogP contribution in [-0.2, 0) is 44.1 Å². The number of hydrogen-bond donors (Lipinski definition) is 1. The van der Waals surface area contributed by atoms with Crippen molar-refractivity contribution in [3.05, 3.63) is 79.3 Å². The Morgan fingerprint density at radius 1 is 0.960 bits per heavy atom. The van der Waals surface area contributed by atoms with Crippen molar-refractivity contribution in [2.24, 2.45) is 0 Å². The van der Waals surface area contributed by atoms with E-state index in [0.29, 0.717) is 5.56 Å². The van der Waals surface area contributed by atoms with E-state index in [0.717, 1.165) is 16.6 Å². The zero-order valence-electron chi connectivity index (χ0n) is 13.9. The predicted octanol–water partition coefficient (Wildman–Crippen LogP) is 6.27. The first kappa shape index (κ1) is 28.4. The van der Waals surface area contributed by atoms with Gasteiger partial charge in [0.15, 0.2) is 0 Å². The van der Waals surface area contributed by atoms with Crippen LogP contribution in [0.4, 0.5) is 0 Å². The molecule has 0 bridgehead atoms. The molecule has 0 aliphatic heterocycles. The SMILES string of the molecule is C.C.CC.O=C(OCc1cc2ccccc2[nH]1)c1ccccc1.[CH3-].[Y]. The Bertz CT molecular complexity index is 675. The van der Waals surface area contributed by atoms with Gasteiger partial charge in [0.05, 0.1) is 11.3 Å². The van der Waals surface area contributed by atoms with Crippen molar-refractivity contribution in [2.75, 3.05) is 0 Å². The number of aromatic amines is 1. The second kappa shape index (κ2) is 14.9. The number of carbonyl (C=O) groups is 1. The van der Waals surface area contributed by atoms with E-state index in [2.05, 4.69) is 4.98 Å². The maximum atomic E-state index is 11.8. The Hall–Kier alpha value is -1.45. The molecule has 0 aliphatic rings. The van der Waals surface area contributed by atoms with E-state index in [1.165, 1.54) is 0 Å². The van der Waals surface area contributed by atoms with Crippen molar-refractivity contribution in [2.45, 2.75) is 35.3 Å². The second-order valence-electron chi connectivity index (χ2n) is 4.32. The minimum absolute atomic E-state index is 0. The molecule has 4 heteroatoms. The molecule has 0 saturated carbocycles. The first-order chi connectivity index (χ1) is 10.3. The molecule has 25 heavy (non-hydrogen) atoms. The van der Waals surface area contributed by atoms with Crippen LogP contribution in [0.2, 0.25) is 0 Å². The molecule has 1 radical (unpaired) electrons. The summed E-state index contributed by atoms with van der Waals surface area (Å²) < 4.78 is 5.27. The normalized spacial score (nSPS) is 8.24. The summed E-state index contributed by atoms with van der Waals surface area (Å²) in [6.45, 7) is 4.25. The Morgan fingerprint density at radius 2 is 1.52 bits per heavy atom. The van der Waals surface area contributed by atoms with Crippen molar-refractivity contribution in [3.8, 4) is 0 Å². The zero-order chi connectivity index (χ0) is 15.1. The van der Waals surface area contributed by atoms with Crippen molar-refractivity contribution in [3.63, 3.8) is 0 Å². The molecule has 0 amide bonds. The fourth-order valence-corrected chi connectivity index (χ4v) is 2.01. The first-order valence-corrected chi connectivity index (χ1v) is 7.12. The number of esters is 1. The van der Waals surface area contributed by atoms with E-state index in [9.17, 15) is 4.79 Å².